The standard InChI is InChI=1S/C5H5N.C4H8O2.C2HF3O2/c1-2-4-6-5-3-1;1-3-6-4(2)5;3-2(4,5)1(6)7/h1-5H;3H2,1-2H3;(H,6,7). The predicted molar refractivity (Wildman–Crippen MR) is 60.2 cm³/mol. The van der Waals surface area contributed by atoms with Crippen molar-refractivity contribution in [1.29, 1.82) is 0 Å². The first-order chi connectivity index (χ1) is 8.71. The maximum atomic E-state index is 10.6. The minimum atomic E-state index is -5.08. The van der Waals surface area contributed by atoms with Crippen LogP contribution in [0.5, 0.6) is 0 Å². The SMILES string of the molecule is CCOC(C)=O.O=C(O)C(F)(F)F.c1ccncc1. The fraction of sp³-hybridized carbons (Fsp3) is 0.364. The highest BCUT2D eigenvalue weighted by Crippen LogP contribution is 2.13. The number of carboxylic acid groups (broad SMARTS) is 1. The van der Waals surface area contributed by atoms with Crippen LogP contribution in [0, 0.1) is 0 Å². The summed E-state index contributed by atoms with van der Waals surface area (Å²) < 4.78 is 36.1. The van der Waals surface area contributed by atoms with Gasteiger partial charge in [-0.1, -0.05) is 6.07 Å². The lowest BCUT2D eigenvalue weighted by atomic mass is 10.5. The van der Waals surface area contributed by atoms with Crippen molar-refractivity contribution in [1.82, 2.24) is 4.98 Å². The van der Waals surface area contributed by atoms with E-state index in [-0.39, 0.29) is 5.97 Å². The molecule has 0 radical (unpaired) electrons. The van der Waals surface area contributed by atoms with E-state index in [1.54, 1.807) is 19.3 Å². The molecule has 1 rings (SSSR count). The van der Waals surface area contributed by atoms with Crippen molar-refractivity contribution in [2.75, 3.05) is 6.61 Å². The Morgan fingerprint density at radius 2 is 1.63 bits per heavy atom. The summed E-state index contributed by atoms with van der Waals surface area (Å²) in [6, 6.07) is 5.72. The summed E-state index contributed by atoms with van der Waals surface area (Å²) in [7, 11) is 0. The average Bonchev–Trinajstić information content (AvgIpc) is 2.31. The summed E-state index contributed by atoms with van der Waals surface area (Å²) in [5.74, 6) is -2.97. The van der Waals surface area contributed by atoms with Crippen molar-refractivity contribution in [2.45, 2.75) is 20.0 Å². The third kappa shape index (κ3) is 18.4. The topological polar surface area (TPSA) is 76.5 Å². The van der Waals surface area contributed by atoms with Crippen LogP contribution < -0.4 is 0 Å². The molecule has 8 heteroatoms. The Hall–Kier alpha value is -2.12. The van der Waals surface area contributed by atoms with E-state index in [0.29, 0.717) is 6.61 Å². The molecule has 0 aliphatic rings. The predicted octanol–water partition coefficient (Wildman–Crippen LogP) is 2.28. The van der Waals surface area contributed by atoms with E-state index in [4.69, 9.17) is 9.90 Å². The summed E-state index contributed by atoms with van der Waals surface area (Å²) in [4.78, 5) is 22.5. The number of ether oxygens (including phenoxy) is 1. The quantitative estimate of drug-likeness (QED) is 0.799. The van der Waals surface area contributed by atoms with Gasteiger partial charge < -0.3 is 9.84 Å². The molecule has 0 saturated carbocycles. The van der Waals surface area contributed by atoms with E-state index >= 15 is 0 Å². The number of aromatic nitrogens is 1. The number of pyridine rings is 1. The Morgan fingerprint density at radius 3 is 1.68 bits per heavy atom. The van der Waals surface area contributed by atoms with Crippen LogP contribution in [0.2, 0.25) is 0 Å². The molecular weight excluding hydrogens is 267 g/mol. The van der Waals surface area contributed by atoms with Gasteiger partial charge in [0.05, 0.1) is 6.61 Å². The zero-order valence-corrected chi connectivity index (χ0v) is 10.3. The number of aliphatic carboxylic acids is 1. The minimum absolute atomic E-state index is 0.211. The second kappa shape index (κ2) is 11.0. The summed E-state index contributed by atoms with van der Waals surface area (Å²) in [6.07, 6.45) is -1.58. The highest BCUT2D eigenvalue weighted by molar-refractivity contribution is 5.73. The number of hydrogen-bond donors (Lipinski definition) is 1. The highest BCUT2D eigenvalue weighted by Gasteiger charge is 2.38. The molecule has 1 aromatic heterocycles. The summed E-state index contributed by atoms with van der Waals surface area (Å²) >= 11 is 0. The minimum Gasteiger partial charge on any atom is -0.475 e. The van der Waals surface area contributed by atoms with Gasteiger partial charge in [-0.05, 0) is 19.1 Å². The van der Waals surface area contributed by atoms with Gasteiger partial charge in [-0.3, -0.25) is 9.78 Å². The molecule has 108 valence electrons. The van der Waals surface area contributed by atoms with Crippen molar-refractivity contribution < 1.29 is 32.6 Å². The largest absolute Gasteiger partial charge is 0.490 e. The van der Waals surface area contributed by atoms with E-state index in [1.807, 2.05) is 18.2 Å². The molecule has 1 aromatic rings. The number of rotatable bonds is 1. The summed E-state index contributed by atoms with van der Waals surface area (Å²) in [5, 5.41) is 7.12. The number of carbonyl (C=O) groups excluding carboxylic acids is 1. The lowest BCUT2D eigenvalue weighted by molar-refractivity contribution is -0.192. The molecule has 1 N–H and O–H groups in total. The average molecular weight is 281 g/mol. The van der Waals surface area contributed by atoms with Gasteiger partial charge in [0.1, 0.15) is 0 Å². The number of carboxylic acids is 1. The second-order valence-electron chi connectivity index (χ2n) is 2.75. The molecule has 0 fully saturated rings. The van der Waals surface area contributed by atoms with Crippen LogP contribution >= 0.6 is 0 Å². The van der Waals surface area contributed by atoms with Gasteiger partial charge in [-0.15, -0.1) is 0 Å². The number of alkyl halides is 3. The molecule has 5 nitrogen and oxygen atoms in total. The number of hydrogen-bond acceptors (Lipinski definition) is 4. The van der Waals surface area contributed by atoms with E-state index in [9.17, 15) is 18.0 Å². The van der Waals surface area contributed by atoms with Gasteiger partial charge in [0.15, 0.2) is 0 Å². The molecule has 0 aromatic carbocycles. The smallest absolute Gasteiger partial charge is 0.475 e. The zero-order valence-electron chi connectivity index (χ0n) is 10.3. The first-order valence-electron chi connectivity index (χ1n) is 5.00. The Morgan fingerprint density at radius 1 is 1.21 bits per heavy atom. The van der Waals surface area contributed by atoms with Crippen molar-refractivity contribution in [3.63, 3.8) is 0 Å². The van der Waals surface area contributed by atoms with Crippen LogP contribution in [0.25, 0.3) is 0 Å². The second-order valence-corrected chi connectivity index (χ2v) is 2.75. The monoisotopic (exact) mass is 281 g/mol. The molecule has 19 heavy (non-hydrogen) atoms. The Kier molecular flexibility index (Phi) is 11.1. The van der Waals surface area contributed by atoms with E-state index in [2.05, 4.69) is 9.72 Å². The molecule has 0 unspecified atom stereocenters. The van der Waals surface area contributed by atoms with Crippen LogP contribution in [0.4, 0.5) is 13.2 Å². The Labute approximate surface area is 108 Å². The third-order valence-corrected chi connectivity index (χ3v) is 1.16. The maximum absolute atomic E-state index is 10.6. The van der Waals surface area contributed by atoms with Crippen molar-refractivity contribution in [3.8, 4) is 0 Å². The number of carbonyl (C=O) groups is 2. The van der Waals surface area contributed by atoms with Crippen LogP contribution in [0.3, 0.4) is 0 Å². The fourth-order valence-electron chi connectivity index (χ4n) is 0.516. The van der Waals surface area contributed by atoms with E-state index < -0.39 is 12.1 Å². The van der Waals surface area contributed by atoms with Crippen LogP contribution in [-0.2, 0) is 14.3 Å². The maximum Gasteiger partial charge on any atom is 0.490 e. The lowest BCUT2D eigenvalue weighted by Gasteiger charge is -1.93. The number of nitrogens with zero attached hydrogens (tertiary/aromatic N) is 1. The van der Waals surface area contributed by atoms with Gasteiger partial charge in [-0.25, -0.2) is 4.79 Å². The van der Waals surface area contributed by atoms with Gasteiger partial charge in [-0.2, -0.15) is 13.2 Å². The van der Waals surface area contributed by atoms with E-state index in [1.165, 1.54) is 6.92 Å². The number of halogens is 3. The fourth-order valence-corrected chi connectivity index (χ4v) is 0.516. The molecule has 1 heterocycles. The van der Waals surface area contributed by atoms with Gasteiger partial charge in [0, 0.05) is 19.3 Å². The van der Waals surface area contributed by atoms with Crippen molar-refractivity contribution >= 4 is 11.9 Å². The van der Waals surface area contributed by atoms with Crippen molar-refractivity contribution in [2.24, 2.45) is 0 Å². The summed E-state index contributed by atoms with van der Waals surface area (Å²) in [5.41, 5.74) is 0. The molecule has 0 amide bonds. The number of esters is 1. The first-order valence-corrected chi connectivity index (χ1v) is 5.00. The molecule has 0 saturated heterocycles. The summed E-state index contributed by atoms with van der Waals surface area (Å²) in [6.45, 7) is 3.65. The molecule has 0 atom stereocenters. The van der Waals surface area contributed by atoms with Crippen LogP contribution in [-0.4, -0.2) is 34.8 Å². The van der Waals surface area contributed by atoms with Gasteiger partial charge in [0.25, 0.3) is 0 Å². The van der Waals surface area contributed by atoms with Gasteiger partial charge in [0.2, 0.25) is 0 Å². The van der Waals surface area contributed by atoms with Crippen molar-refractivity contribution in [3.05, 3.63) is 30.6 Å². The third-order valence-electron chi connectivity index (χ3n) is 1.16. The highest BCUT2D eigenvalue weighted by atomic mass is 19.4. The molecule has 0 aliphatic heterocycles. The molecule has 0 spiro atoms. The van der Waals surface area contributed by atoms with E-state index in [0.717, 1.165) is 0 Å². The molecular formula is C11H14F3NO4. The Balaban J connectivity index is 0. The van der Waals surface area contributed by atoms with Gasteiger partial charge >= 0.3 is 18.1 Å². The lowest BCUT2D eigenvalue weighted by Crippen LogP contribution is -2.21. The zero-order chi connectivity index (χ0) is 15.3. The molecule has 0 bridgehead atoms. The van der Waals surface area contributed by atoms with Crippen LogP contribution in [0.15, 0.2) is 30.6 Å². The molecule has 0 aliphatic carbocycles. The normalized spacial score (nSPS) is 9.11. The first kappa shape index (κ1) is 19.2. The Bertz CT molecular complexity index is 328. The van der Waals surface area contributed by atoms with Crippen LogP contribution in [0.1, 0.15) is 13.8 Å².